The van der Waals surface area contributed by atoms with Gasteiger partial charge in [-0.15, -0.1) is 11.3 Å². The molecule has 1 aromatic carbocycles. The Morgan fingerprint density at radius 3 is 2.64 bits per heavy atom. The molecule has 0 saturated carbocycles. The zero-order chi connectivity index (χ0) is 19.5. The average molecular weight is 415 g/mol. The summed E-state index contributed by atoms with van der Waals surface area (Å²) in [6.45, 7) is 4.45. The first-order valence-corrected chi connectivity index (χ1v) is 10.6. The van der Waals surface area contributed by atoms with Crippen LogP contribution in [0.3, 0.4) is 0 Å². The second-order valence-corrected chi connectivity index (χ2v) is 8.34. The molecule has 1 aliphatic heterocycles. The highest BCUT2D eigenvalue weighted by atomic mass is 32.1. The lowest BCUT2D eigenvalue weighted by Gasteiger charge is -2.34. The van der Waals surface area contributed by atoms with Crippen molar-refractivity contribution in [3.8, 4) is 0 Å². The number of carbonyl (C=O) groups is 1. The number of carbonyl (C=O) groups excluding carboxylic acids is 1. The van der Waals surface area contributed by atoms with Crippen molar-refractivity contribution >= 4 is 40.4 Å². The van der Waals surface area contributed by atoms with Crippen LogP contribution >= 0.6 is 23.6 Å². The molecule has 1 aliphatic rings. The summed E-state index contributed by atoms with van der Waals surface area (Å²) in [5.41, 5.74) is 0.579. The van der Waals surface area contributed by atoms with Crippen molar-refractivity contribution in [3.63, 3.8) is 0 Å². The maximum Gasteiger partial charge on any atom is 0.262 e. The molecule has 146 valence electrons. The Bertz CT molecular complexity index is 1080. The van der Waals surface area contributed by atoms with E-state index < -0.39 is 0 Å². The van der Waals surface area contributed by atoms with E-state index in [4.69, 9.17) is 12.2 Å². The third-order valence-corrected chi connectivity index (χ3v) is 6.31. The molecule has 0 bridgehead atoms. The number of rotatable bonds is 5. The van der Waals surface area contributed by atoms with Gasteiger partial charge < -0.3 is 9.88 Å². The molecule has 0 aliphatic carbocycles. The number of hydrogen-bond donors (Lipinski definition) is 1. The molecule has 0 atom stereocenters. The van der Waals surface area contributed by atoms with Crippen LogP contribution in [0.25, 0.3) is 10.9 Å². The molecule has 8 heteroatoms. The molecule has 0 unspecified atom stereocenters. The number of benzene rings is 1. The van der Waals surface area contributed by atoms with Crippen LogP contribution in [0, 0.1) is 4.77 Å². The molecular formula is C20H22N4O2S2. The van der Waals surface area contributed by atoms with Crippen molar-refractivity contribution in [2.24, 2.45) is 0 Å². The number of H-pyrrole nitrogens is 1. The molecule has 4 rings (SSSR count). The molecule has 2 aromatic heterocycles. The molecule has 3 aromatic rings. The number of fused-ring (bicyclic) bond motifs is 1. The average Bonchev–Trinajstić information content (AvgIpc) is 3.21. The van der Waals surface area contributed by atoms with Crippen molar-refractivity contribution in [2.75, 3.05) is 26.2 Å². The van der Waals surface area contributed by atoms with Crippen LogP contribution in [-0.2, 0) is 17.9 Å². The van der Waals surface area contributed by atoms with E-state index in [0.717, 1.165) is 38.2 Å². The van der Waals surface area contributed by atoms with E-state index in [1.165, 1.54) is 9.44 Å². The summed E-state index contributed by atoms with van der Waals surface area (Å²) in [4.78, 5) is 34.0. The zero-order valence-corrected chi connectivity index (χ0v) is 17.1. The summed E-state index contributed by atoms with van der Waals surface area (Å²) in [7, 11) is 0. The lowest BCUT2D eigenvalue weighted by atomic mass is 10.2. The van der Waals surface area contributed by atoms with Crippen molar-refractivity contribution in [1.82, 2.24) is 19.4 Å². The fourth-order valence-electron chi connectivity index (χ4n) is 3.55. The van der Waals surface area contributed by atoms with Gasteiger partial charge in [-0.2, -0.15) is 0 Å². The Morgan fingerprint density at radius 2 is 1.89 bits per heavy atom. The third kappa shape index (κ3) is 4.09. The second-order valence-electron chi connectivity index (χ2n) is 6.92. The van der Waals surface area contributed by atoms with Crippen LogP contribution < -0.4 is 5.56 Å². The molecule has 1 saturated heterocycles. The molecule has 6 nitrogen and oxygen atoms in total. The molecule has 1 N–H and O–H groups in total. The van der Waals surface area contributed by atoms with Gasteiger partial charge in [0.15, 0.2) is 4.77 Å². The van der Waals surface area contributed by atoms with E-state index in [-0.39, 0.29) is 17.9 Å². The molecular weight excluding hydrogens is 392 g/mol. The summed E-state index contributed by atoms with van der Waals surface area (Å²) in [6.07, 6.45) is 0.278. The number of hydrogen-bond acceptors (Lipinski definition) is 5. The van der Waals surface area contributed by atoms with Gasteiger partial charge in [0, 0.05) is 50.6 Å². The SMILES string of the molecule is O=C(CCn1c(=S)[nH]c2ccccc2c1=O)N1CCN(Cc2cccs2)CC1. The minimum absolute atomic E-state index is 0.0743. The van der Waals surface area contributed by atoms with Gasteiger partial charge in [-0.05, 0) is 35.8 Å². The minimum atomic E-state index is -0.145. The first kappa shape index (κ1) is 19.0. The van der Waals surface area contributed by atoms with Crippen LogP contribution in [0.4, 0.5) is 0 Å². The van der Waals surface area contributed by atoms with E-state index in [1.54, 1.807) is 17.4 Å². The van der Waals surface area contributed by atoms with Gasteiger partial charge in [-0.3, -0.25) is 19.1 Å². The topological polar surface area (TPSA) is 61.3 Å². The Kier molecular flexibility index (Phi) is 5.70. The largest absolute Gasteiger partial charge is 0.340 e. The molecule has 1 fully saturated rings. The number of piperazine rings is 1. The highest BCUT2D eigenvalue weighted by molar-refractivity contribution is 7.71. The monoisotopic (exact) mass is 414 g/mol. The van der Waals surface area contributed by atoms with Crippen LogP contribution in [0.15, 0.2) is 46.6 Å². The van der Waals surface area contributed by atoms with Gasteiger partial charge in [-0.25, -0.2) is 0 Å². The van der Waals surface area contributed by atoms with E-state index in [0.29, 0.717) is 16.7 Å². The molecule has 1 amide bonds. The number of nitrogens with zero attached hydrogens (tertiary/aromatic N) is 3. The highest BCUT2D eigenvalue weighted by Gasteiger charge is 2.21. The fraction of sp³-hybridized carbons (Fsp3) is 0.350. The molecule has 28 heavy (non-hydrogen) atoms. The highest BCUT2D eigenvalue weighted by Crippen LogP contribution is 2.14. The third-order valence-electron chi connectivity index (χ3n) is 5.12. The number of thiophene rings is 1. The van der Waals surface area contributed by atoms with E-state index in [1.807, 2.05) is 23.1 Å². The van der Waals surface area contributed by atoms with Gasteiger partial charge in [-0.1, -0.05) is 18.2 Å². The van der Waals surface area contributed by atoms with Crippen LogP contribution in [0.1, 0.15) is 11.3 Å². The van der Waals surface area contributed by atoms with Crippen LogP contribution in [0.2, 0.25) is 0 Å². The number of aromatic amines is 1. The summed E-state index contributed by atoms with van der Waals surface area (Å²) in [5, 5.41) is 2.68. The molecule has 0 spiro atoms. The van der Waals surface area contributed by atoms with Gasteiger partial charge in [0.25, 0.3) is 5.56 Å². The maximum atomic E-state index is 12.7. The van der Waals surface area contributed by atoms with Crippen molar-refractivity contribution < 1.29 is 4.79 Å². The Morgan fingerprint density at radius 1 is 1.11 bits per heavy atom. The predicted octanol–water partition coefficient (Wildman–Crippen LogP) is 2.86. The predicted molar refractivity (Wildman–Crippen MR) is 114 cm³/mol. The Balaban J connectivity index is 1.36. The number of amides is 1. The van der Waals surface area contributed by atoms with Gasteiger partial charge in [0.1, 0.15) is 0 Å². The Labute approximate surface area is 172 Å². The van der Waals surface area contributed by atoms with Crippen molar-refractivity contribution in [1.29, 1.82) is 0 Å². The first-order chi connectivity index (χ1) is 13.6. The van der Waals surface area contributed by atoms with Crippen LogP contribution in [0.5, 0.6) is 0 Å². The quantitative estimate of drug-likeness (QED) is 0.652. The van der Waals surface area contributed by atoms with E-state index >= 15 is 0 Å². The molecule has 0 radical (unpaired) electrons. The lowest BCUT2D eigenvalue weighted by Crippen LogP contribution is -2.48. The summed E-state index contributed by atoms with van der Waals surface area (Å²) >= 11 is 7.09. The summed E-state index contributed by atoms with van der Waals surface area (Å²) in [6, 6.07) is 11.5. The van der Waals surface area contributed by atoms with Gasteiger partial charge in [0.2, 0.25) is 5.91 Å². The van der Waals surface area contributed by atoms with Crippen molar-refractivity contribution in [3.05, 3.63) is 61.8 Å². The Hall–Kier alpha value is -2.29. The number of para-hydroxylation sites is 1. The van der Waals surface area contributed by atoms with E-state index in [2.05, 4.69) is 27.4 Å². The lowest BCUT2D eigenvalue weighted by molar-refractivity contribution is -0.133. The number of nitrogens with one attached hydrogen (secondary N) is 1. The molecule has 3 heterocycles. The van der Waals surface area contributed by atoms with E-state index in [9.17, 15) is 9.59 Å². The normalized spacial score (nSPS) is 15.2. The smallest absolute Gasteiger partial charge is 0.262 e. The van der Waals surface area contributed by atoms with Gasteiger partial charge in [0.05, 0.1) is 10.9 Å². The number of aromatic nitrogens is 2. The minimum Gasteiger partial charge on any atom is -0.340 e. The first-order valence-electron chi connectivity index (χ1n) is 9.36. The second kappa shape index (κ2) is 8.38. The summed E-state index contributed by atoms with van der Waals surface area (Å²) < 4.78 is 1.85. The fourth-order valence-corrected chi connectivity index (χ4v) is 4.58. The summed E-state index contributed by atoms with van der Waals surface area (Å²) in [5.74, 6) is 0.0743. The van der Waals surface area contributed by atoms with Crippen LogP contribution in [-0.4, -0.2) is 51.4 Å². The van der Waals surface area contributed by atoms with Crippen molar-refractivity contribution in [2.45, 2.75) is 19.5 Å². The van der Waals surface area contributed by atoms with Gasteiger partial charge >= 0.3 is 0 Å². The standard InChI is InChI=1S/C20H22N4O2S2/c25-18(23-11-9-22(10-12-23)14-15-4-3-13-28-15)7-8-24-19(26)16-5-1-2-6-17(16)21-20(24)27/h1-6,13H,7-12,14H2,(H,21,27). The maximum absolute atomic E-state index is 12.7. The zero-order valence-electron chi connectivity index (χ0n) is 15.5.